The Hall–Kier alpha value is -2.25. The number of nitrogens with zero attached hydrogens (tertiary/aromatic N) is 3. The van der Waals surface area contributed by atoms with Crippen LogP contribution < -0.4 is 5.32 Å². The maximum absolute atomic E-state index is 13.2. The quantitative estimate of drug-likeness (QED) is 0.861. The second kappa shape index (κ2) is 8.41. The Kier molecular flexibility index (Phi) is 5.73. The summed E-state index contributed by atoms with van der Waals surface area (Å²) >= 11 is 1.21. The summed E-state index contributed by atoms with van der Waals surface area (Å²) in [5.41, 5.74) is 2.62. The van der Waals surface area contributed by atoms with Gasteiger partial charge in [-0.2, -0.15) is 0 Å². The smallest absolute Gasteiger partial charge is 0.263 e. The van der Waals surface area contributed by atoms with Gasteiger partial charge >= 0.3 is 0 Å². The summed E-state index contributed by atoms with van der Waals surface area (Å²) in [6, 6.07) is 10.2. The summed E-state index contributed by atoms with van der Waals surface area (Å²) in [7, 11) is 2.03. The van der Waals surface area contributed by atoms with Gasteiger partial charge in [0.1, 0.15) is 4.88 Å². The molecule has 3 heterocycles. The van der Waals surface area contributed by atoms with E-state index in [1.165, 1.54) is 22.7 Å². The van der Waals surface area contributed by atoms with Crippen molar-refractivity contribution >= 4 is 23.3 Å². The van der Waals surface area contributed by atoms with Crippen LogP contribution in [-0.4, -0.2) is 58.7 Å². The molecule has 1 N–H and O–H groups in total. The van der Waals surface area contributed by atoms with Crippen LogP contribution in [0.15, 0.2) is 36.5 Å². The molecule has 1 saturated heterocycles. The van der Waals surface area contributed by atoms with Crippen molar-refractivity contribution in [1.82, 2.24) is 19.5 Å². The Morgan fingerprint density at radius 1 is 1.14 bits per heavy atom. The lowest BCUT2D eigenvalue weighted by molar-refractivity contribution is -0.137. The van der Waals surface area contributed by atoms with Gasteiger partial charge in [-0.05, 0) is 55.0 Å². The Balaban J connectivity index is 1.37. The molecule has 0 spiro atoms. The van der Waals surface area contributed by atoms with E-state index in [9.17, 15) is 9.59 Å². The van der Waals surface area contributed by atoms with E-state index < -0.39 is 0 Å². The molecule has 6 nitrogen and oxygen atoms in total. The van der Waals surface area contributed by atoms with E-state index in [4.69, 9.17) is 0 Å². The lowest BCUT2D eigenvalue weighted by atomic mass is 9.96. The zero-order valence-electron chi connectivity index (χ0n) is 16.1. The van der Waals surface area contributed by atoms with Crippen molar-refractivity contribution < 1.29 is 9.59 Å². The highest BCUT2D eigenvalue weighted by atomic mass is 32.1. The van der Waals surface area contributed by atoms with Crippen LogP contribution in [0.4, 0.5) is 0 Å². The van der Waals surface area contributed by atoms with E-state index in [1.807, 2.05) is 18.0 Å². The Morgan fingerprint density at radius 2 is 1.96 bits per heavy atom. The van der Waals surface area contributed by atoms with Crippen LogP contribution in [0.3, 0.4) is 0 Å². The molecule has 0 bridgehead atoms. The molecule has 0 aliphatic carbocycles. The highest BCUT2D eigenvalue weighted by Gasteiger charge is 2.31. The monoisotopic (exact) mass is 398 g/mol. The predicted octanol–water partition coefficient (Wildman–Crippen LogP) is 2.17. The number of likely N-dealkylation sites (N-methyl/N-ethyl adjacent to an activating group) is 1. The number of rotatable bonds is 3. The van der Waals surface area contributed by atoms with E-state index >= 15 is 0 Å². The summed E-state index contributed by atoms with van der Waals surface area (Å²) in [5.74, 6) is 0.162. The molecule has 0 saturated carbocycles. The number of likely N-dealkylation sites (tertiary alicyclic amines) is 1. The topological polar surface area (TPSA) is 65.5 Å². The predicted molar refractivity (Wildman–Crippen MR) is 109 cm³/mol. The second-order valence-electron chi connectivity index (χ2n) is 7.82. The van der Waals surface area contributed by atoms with E-state index in [0.29, 0.717) is 11.4 Å². The number of aromatic nitrogens is 1. The van der Waals surface area contributed by atoms with E-state index in [2.05, 4.69) is 32.8 Å². The van der Waals surface area contributed by atoms with Crippen LogP contribution >= 0.6 is 11.5 Å². The molecular weight excluding hydrogens is 372 g/mol. The largest absolute Gasteiger partial charge is 0.347 e. The first-order valence-electron chi connectivity index (χ1n) is 9.86. The molecule has 28 heavy (non-hydrogen) atoms. The van der Waals surface area contributed by atoms with Crippen LogP contribution in [0, 0.1) is 5.92 Å². The third kappa shape index (κ3) is 4.25. The molecule has 4 rings (SSSR count). The average molecular weight is 399 g/mol. The van der Waals surface area contributed by atoms with Crippen molar-refractivity contribution in [2.75, 3.05) is 26.7 Å². The molecule has 2 atom stereocenters. The Bertz CT molecular complexity index is 839. The molecule has 148 valence electrons. The van der Waals surface area contributed by atoms with Crippen LogP contribution in [0.25, 0.3) is 0 Å². The van der Waals surface area contributed by atoms with Gasteiger partial charge in [0.15, 0.2) is 0 Å². The third-order valence-electron chi connectivity index (χ3n) is 5.72. The van der Waals surface area contributed by atoms with Gasteiger partial charge in [-0.15, -0.1) is 0 Å². The molecule has 2 aliphatic rings. The van der Waals surface area contributed by atoms with Gasteiger partial charge in [-0.25, -0.2) is 4.37 Å². The number of benzene rings is 1. The first-order chi connectivity index (χ1) is 13.6. The molecule has 2 aromatic rings. The van der Waals surface area contributed by atoms with Crippen molar-refractivity contribution in [2.45, 2.75) is 31.8 Å². The summed E-state index contributed by atoms with van der Waals surface area (Å²) in [6.45, 7) is 3.00. The Morgan fingerprint density at radius 3 is 2.75 bits per heavy atom. The molecule has 2 aliphatic heterocycles. The number of amides is 2. The van der Waals surface area contributed by atoms with Crippen LogP contribution in [0.1, 0.15) is 33.6 Å². The number of fused-ring (bicyclic) bond motifs is 1. The molecule has 7 heteroatoms. The summed E-state index contributed by atoms with van der Waals surface area (Å²) in [4.78, 5) is 30.3. The minimum atomic E-state index is -0.0710. The van der Waals surface area contributed by atoms with Gasteiger partial charge < -0.3 is 15.1 Å². The number of nitrogens with one attached hydrogen (secondary N) is 1. The fraction of sp³-hybridized carbons (Fsp3) is 0.476. The van der Waals surface area contributed by atoms with Gasteiger partial charge in [-0.3, -0.25) is 9.59 Å². The SMILES string of the molecule is CN1C[C@@H](NC(=O)c2ccns2)CC[C@@H](C(=O)N2CCc3ccccc3C2)C1. The highest BCUT2D eigenvalue weighted by molar-refractivity contribution is 7.08. The molecule has 0 radical (unpaired) electrons. The van der Waals surface area contributed by atoms with Gasteiger partial charge in [0.25, 0.3) is 5.91 Å². The average Bonchev–Trinajstić information content (AvgIpc) is 3.18. The standard InChI is InChI=1S/C21H26N4O2S/c1-24-12-17(6-7-18(14-24)23-20(26)19-8-10-22-28-19)21(27)25-11-9-15-4-2-3-5-16(15)13-25/h2-5,8,10,17-18H,6-7,9,11-14H2,1H3,(H,23,26)/t17-,18+/m1/s1. The van der Waals surface area contributed by atoms with Gasteiger partial charge in [0, 0.05) is 38.4 Å². The van der Waals surface area contributed by atoms with Crippen molar-refractivity contribution in [3.05, 3.63) is 52.5 Å². The van der Waals surface area contributed by atoms with Crippen molar-refractivity contribution in [2.24, 2.45) is 5.92 Å². The Labute approximate surface area is 169 Å². The molecule has 1 aromatic carbocycles. The molecular formula is C21H26N4O2S. The van der Waals surface area contributed by atoms with Crippen molar-refractivity contribution in [1.29, 1.82) is 0 Å². The molecule has 0 unspecified atom stereocenters. The lowest BCUT2D eigenvalue weighted by Gasteiger charge is -2.32. The van der Waals surface area contributed by atoms with E-state index in [0.717, 1.165) is 38.9 Å². The lowest BCUT2D eigenvalue weighted by Crippen LogP contribution is -2.43. The van der Waals surface area contributed by atoms with Crippen molar-refractivity contribution in [3.8, 4) is 0 Å². The summed E-state index contributed by atoms with van der Waals surface area (Å²) in [5, 5.41) is 3.11. The van der Waals surface area contributed by atoms with Gasteiger partial charge in [0.2, 0.25) is 5.91 Å². The van der Waals surface area contributed by atoms with Gasteiger partial charge in [-0.1, -0.05) is 24.3 Å². The third-order valence-corrected chi connectivity index (χ3v) is 6.46. The normalized spacial score (nSPS) is 23.0. The van der Waals surface area contributed by atoms with Crippen molar-refractivity contribution in [3.63, 3.8) is 0 Å². The zero-order chi connectivity index (χ0) is 19.5. The first kappa shape index (κ1) is 19.1. The fourth-order valence-corrected chi connectivity index (χ4v) is 4.76. The van der Waals surface area contributed by atoms with E-state index in [-0.39, 0.29) is 23.8 Å². The number of carbonyl (C=O) groups excluding carboxylic acids is 2. The molecule has 1 aromatic heterocycles. The highest BCUT2D eigenvalue weighted by Crippen LogP contribution is 2.24. The molecule has 1 fully saturated rings. The molecule has 2 amide bonds. The summed E-state index contributed by atoms with van der Waals surface area (Å²) in [6.07, 6.45) is 4.19. The van der Waals surface area contributed by atoms with Crippen LogP contribution in [-0.2, 0) is 17.8 Å². The second-order valence-corrected chi connectivity index (χ2v) is 8.65. The zero-order valence-corrected chi connectivity index (χ0v) is 17.0. The number of hydrogen-bond donors (Lipinski definition) is 1. The summed E-state index contributed by atoms with van der Waals surface area (Å²) < 4.78 is 3.99. The number of carbonyl (C=O) groups is 2. The minimum absolute atomic E-state index is 0.0134. The van der Waals surface area contributed by atoms with Crippen LogP contribution in [0.5, 0.6) is 0 Å². The minimum Gasteiger partial charge on any atom is -0.347 e. The van der Waals surface area contributed by atoms with Crippen LogP contribution in [0.2, 0.25) is 0 Å². The fourth-order valence-electron chi connectivity index (χ4n) is 4.26. The van der Waals surface area contributed by atoms with E-state index in [1.54, 1.807) is 12.3 Å². The maximum atomic E-state index is 13.2. The first-order valence-corrected chi connectivity index (χ1v) is 10.6. The maximum Gasteiger partial charge on any atom is 0.263 e. The van der Waals surface area contributed by atoms with Gasteiger partial charge in [0.05, 0.1) is 5.92 Å². The number of hydrogen-bond acceptors (Lipinski definition) is 5.